The highest BCUT2D eigenvalue weighted by atomic mass is 15.1. The molecule has 0 bridgehead atoms. The molecule has 2 atom stereocenters. The van der Waals surface area contributed by atoms with Crippen LogP contribution in [0.25, 0.3) is 0 Å². The van der Waals surface area contributed by atoms with Gasteiger partial charge in [-0.1, -0.05) is 40.5 Å². The number of nitrogens with zero attached hydrogens (tertiary/aromatic N) is 1. The molecule has 1 rings (SSSR count). The number of rotatable bonds is 9. The standard InChI is InChI=1S/C17H36N2/c1-15(2)12-18-9-7-5-6-8-10-19-13-16(3)11-17(4)14-19/h15-18H,5-14H2,1-4H3. The average Bonchev–Trinajstić information content (AvgIpc) is 2.31. The Labute approximate surface area is 121 Å². The van der Waals surface area contributed by atoms with Crippen molar-refractivity contribution in [3.63, 3.8) is 0 Å². The molecular formula is C17H36N2. The van der Waals surface area contributed by atoms with Gasteiger partial charge in [-0.05, 0) is 56.7 Å². The summed E-state index contributed by atoms with van der Waals surface area (Å²) in [6, 6.07) is 0. The average molecular weight is 268 g/mol. The molecule has 1 aliphatic heterocycles. The summed E-state index contributed by atoms with van der Waals surface area (Å²) in [4.78, 5) is 2.69. The molecule has 0 aromatic rings. The van der Waals surface area contributed by atoms with E-state index in [9.17, 15) is 0 Å². The summed E-state index contributed by atoms with van der Waals surface area (Å²) in [5, 5.41) is 3.53. The molecule has 1 heterocycles. The SMILES string of the molecule is CC(C)CNCCCCCCN1CC(C)CC(C)C1. The second-order valence-corrected chi connectivity index (χ2v) is 7.22. The van der Waals surface area contributed by atoms with Gasteiger partial charge in [0.1, 0.15) is 0 Å². The first kappa shape index (κ1) is 17.0. The van der Waals surface area contributed by atoms with Gasteiger partial charge in [0.2, 0.25) is 0 Å². The predicted molar refractivity (Wildman–Crippen MR) is 85.6 cm³/mol. The van der Waals surface area contributed by atoms with E-state index < -0.39 is 0 Å². The van der Waals surface area contributed by atoms with Crippen LogP contribution in [0.3, 0.4) is 0 Å². The van der Waals surface area contributed by atoms with Gasteiger partial charge in [0.25, 0.3) is 0 Å². The maximum absolute atomic E-state index is 3.53. The third-order valence-corrected chi connectivity index (χ3v) is 4.07. The lowest BCUT2D eigenvalue weighted by Gasteiger charge is -2.34. The van der Waals surface area contributed by atoms with Gasteiger partial charge in [0.15, 0.2) is 0 Å². The van der Waals surface area contributed by atoms with Crippen molar-refractivity contribution in [2.24, 2.45) is 17.8 Å². The van der Waals surface area contributed by atoms with E-state index in [1.807, 2.05) is 0 Å². The Morgan fingerprint density at radius 3 is 2.26 bits per heavy atom. The molecule has 2 nitrogen and oxygen atoms in total. The van der Waals surface area contributed by atoms with Crippen molar-refractivity contribution >= 4 is 0 Å². The topological polar surface area (TPSA) is 15.3 Å². The minimum absolute atomic E-state index is 0.781. The maximum atomic E-state index is 3.53. The molecule has 0 aliphatic carbocycles. The quantitative estimate of drug-likeness (QED) is 0.640. The second-order valence-electron chi connectivity index (χ2n) is 7.22. The van der Waals surface area contributed by atoms with Gasteiger partial charge in [0, 0.05) is 13.1 Å². The molecule has 0 aromatic carbocycles. The lowest BCUT2D eigenvalue weighted by Crippen LogP contribution is -2.39. The van der Waals surface area contributed by atoms with Crippen molar-refractivity contribution in [2.45, 2.75) is 59.8 Å². The number of likely N-dealkylation sites (tertiary alicyclic amines) is 1. The Morgan fingerprint density at radius 1 is 1.00 bits per heavy atom. The molecule has 1 aliphatic rings. The lowest BCUT2D eigenvalue weighted by molar-refractivity contribution is 0.138. The summed E-state index contributed by atoms with van der Waals surface area (Å²) in [6.07, 6.45) is 6.97. The van der Waals surface area contributed by atoms with Crippen LogP contribution in [0.1, 0.15) is 59.8 Å². The molecule has 0 spiro atoms. The van der Waals surface area contributed by atoms with Crippen LogP contribution in [-0.4, -0.2) is 37.6 Å². The summed E-state index contributed by atoms with van der Waals surface area (Å²) in [5.41, 5.74) is 0. The summed E-state index contributed by atoms with van der Waals surface area (Å²) in [7, 11) is 0. The first-order valence-corrected chi connectivity index (χ1v) is 8.51. The van der Waals surface area contributed by atoms with Crippen molar-refractivity contribution in [2.75, 3.05) is 32.7 Å². The van der Waals surface area contributed by atoms with E-state index in [-0.39, 0.29) is 0 Å². The Morgan fingerprint density at radius 2 is 1.63 bits per heavy atom. The summed E-state index contributed by atoms with van der Waals surface area (Å²) < 4.78 is 0. The monoisotopic (exact) mass is 268 g/mol. The minimum Gasteiger partial charge on any atom is -0.316 e. The lowest BCUT2D eigenvalue weighted by atomic mass is 9.92. The smallest absolute Gasteiger partial charge is 0.000724 e. The highest BCUT2D eigenvalue weighted by Gasteiger charge is 2.20. The first-order chi connectivity index (χ1) is 9.08. The maximum Gasteiger partial charge on any atom is 0.000724 e. The van der Waals surface area contributed by atoms with Gasteiger partial charge >= 0.3 is 0 Å². The Hall–Kier alpha value is -0.0800. The highest BCUT2D eigenvalue weighted by molar-refractivity contribution is 4.74. The molecule has 1 saturated heterocycles. The molecule has 1 fully saturated rings. The molecule has 2 heteroatoms. The molecule has 114 valence electrons. The van der Waals surface area contributed by atoms with Crippen molar-refractivity contribution in [3.8, 4) is 0 Å². The number of unbranched alkanes of at least 4 members (excludes halogenated alkanes) is 3. The van der Waals surface area contributed by atoms with E-state index in [0.717, 1.165) is 17.8 Å². The molecule has 0 aromatic heterocycles. The van der Waals surface area contributed by atoms with Crippen LogP contribution in [0.2, 0.25) is 0 Å². The Kier molecular flexibility index (Phi) is 8.72. The fourth-order valence-corrected chi connectivity index (χ4v) is 3.30. The van der Waals surface area contributed by atoms with E-state index in [0.29, 0.717) is 0 Å². The molecule has 1 N–H and O–H groups in total. The van der Waals surface area contributed by atoms with Gasteiger partial charge in [-0.15, -0.1) is 0 Å². The van der Waals surface area contributed by atoms with Crippen LogP contribution in [0, 0.1) is 17.8 Å². The van der Waals surface area contributed by atoms with Crippen LogP contribution >= 0.6 is 0 Å². The summed E-state index contributed by atoms with van der Waals surface area (Å²) >= 11 is 0. The van der Waals surface area contributed by atoms with Crippen molar-refractivity contribution in [1.29, 1.82) is 0 Å². The van der Waals surface area contributed by atoms with E-state index in [1.165, 1.54) is 64.8 Å². The fraction of sp³-hybridized carbons (Fsp3) is 1.00. The van der Waals surface area contributed by atoms with Crippen molar-refractivity contribution in [3.05, 3.63) is 0 Å². The van der Waals surface area contributed by atoms with Crippen LogP contribution in [-0.2, 0) is 0 Å². The zero-order valence-corrected chi connectivity index (χ0v) is 13.8. The minimum atomic E-state index is 0.781. The number of hydrogen-bond donors (Lipinski definition) is 1. The van der Waals surface area contributed by atoms with Crippen LogP contribution in [0.15, 0.2) is 0 Å². The normalized spacial score (nSPS) is 25.1. The van der Waals surface area contributed by atoms with Crippen molar-refractivity contribution < 1.29 is 0 Å². The number of hydrogen-bond acceptors (Lipinski definition) is 2. The van der Waals surface area contributed by atoms with Gasteiger partial charge in [-0.3, -0.25) is 0 Å². The Balaban J connectivity index is 1.90. The third-order valence-electron chi connectivity index (χ3n) is 4.07. The summed E-state index contributed by atoms with van der Waals surface area (Å²) in [5.74, 6) is 2.59. The van der Waals surface area contributed by atoms with Gasteiger partial charge in [-0.2, -0.15) is 0 Å². The fourth-order valence-electron chi connectivity index (χ4n) is 3.30. The number of piperidine rings is 1. The van der Waals surface area contributed by atoms with Crippen LogP contribution < -0.4 is 5.32 Å². The number of nitrogens with one attached hydrogen (secondary N) is 1. The van der Waals surface area contributed by atoms with Crippen molar-refractivity contribution in [1.82, 2.24) is 10.2 Å². The van der Waals surface area contributed by atoms with Gasteiger partial charge in [-0.25, -0.2) is 0 Å². The molecule has 0 saturated carbocycles. The second kappa shape index (κ2) is 9.77. The molecule has 0 radical (unpaired) electrons. The van der Waals surface area contributed by atoms with Crippen LogP contribution in [0.4, 0.5) is 0 Å². The van der Waals surface area contributed by atoms with E-state index in [4.69, 9.17) is 0 Å². The van der Waals surface area contributed by atoms with Gasteiger partial charge < -0.3 is 10.2 Å². The zero-order valence-electron chi connectivity index (χ0n) is 13.8. The molecule has 0 amide bonds. The first-order valence-electron chi connectivity index (χ1n) is 8.51. The zero-order chi connectivity index (χ0) is 14.1. The molecule has 19 heavy (non-hydrogen) atoms. The largest absolute Gasteiger partial charge is 0.316 e. The molecule has 2 unspecified atom stereocenters. The van der Waals surface area contributed by atoms with E-state index in [1.54, 1.807) is 0 Å². The van der Waals surface area contributed by atoms with E-state index >= 15 is 0 Å². The Bertz CT molecular complexity index is 205. The van der Waals surface area contributed by atoms with Crippen LogP contribution in [0.5, 0.6) is 0 Å². The van der Waals surface area contributed by atoms with Gasteiger partial charge in [0.05, 0.1) is 0 Å². The molecular weight excluding hydrogens is 232 g/mol. The predicted octanol–water partition coefficient (Wildman–Crippen LogP) is 3.77. The third kappa shape index (κ3) is 8.65. The summed E-state index contributed by atoms with van der Waals surface area (Å²) in [6.45, 7) is 15.7. The van der Waals surface area contributed by atoms with E-state index in [2.05, 4.69) is 37.9 Å². The highest BCUT2D eigenvalue weighted by Crippen LogP contribution is 2.21.